The van der Waals surface area contributed by atoms with Crippen LogP contribution in [-0.4, -0.2) is 24.5 Å². The lowest BCUT2D eigenvalue weighted by atomic mass is 10.0. The standard InChI is InChI=1S/C22H22N2O3/c25-21(24-19-13-14-27-20-4-2-1-3-18(19)20)12-7-15-5-8-16(9-6-15)22(26)23-17-10-11-17/h1-9,12,17,19H,10-11,13-14H2,(H,23,26)(H,24,25)/b12-7+. The Hall–Kier alpha value is -3.08. The number of rotatable bonds is 5. The fourth-order valence-electron chi connectivity index (χ4n) is 3.13. The van der Waals surface area contributed by atoms with Crippen molar-refractivity contribution in [1.82, 2.24) is 10.6 Å². The fourth-order valence-corrected chi connectivity index (χ4v) is 3.13. The van der Waals surface area contributed by atoms with Crippen LogP contribution in [0.5, 0.6) is 5.75 Å². The first-order valence-electron chi connectivity index (χ1n) is 9.30. The molecule has 1 aliphatic carbocycles. The largest absolute Gasteiger partial charge is 0.493 e. The Morgan fingerprint density at radius 1 is 0.963 bits per heavy atom. The first-order chi connectivity index (χ1) is 13.2. The zero-order valence-corrected chi connectivity index (χ0v) is 15.0. The maximum atomic E-state index is 12.3. The van der Waals surface area contributed by atoms with Gasteiger partial charge in [0.1, 0.15) is 5.75 Å². The van der Waals surface area contributed by atoms with Crippen molar-refractivity contribution in [3.05, 3.63) is 71.3 Å². The van der Waals surface area contributed by atoms with Gasteiger partial charge in [-0.3, -0.25) is 9.59 Å². The lowest BCUT2D eigenvalue weighted by molar-refractivity contribution is -0.117. The Balaban J connectivity index is 1.35. The summed E-state index contributed by atoms with van der Waals surface area (Å²) in [5, 5.41) is 6.00. The van der Waals surface area contributed by atoms with E-state index in [4.69, 9.17) is 4.74 Å². The topological polar surface area (TPSA) is 67.4 Å². The molecular formula is C22H22N2O3. The van der Waals surface area contributed by atoms with Crippen LogP contribution in [0.3, 0.4) is 0 Å². The number of hydrogen-bond donors (Lipinski definition) is 2. The third kappa shape index (κ3) is 4.37. The van der Waals surface area contributed by atoms with Crippen LogP contribution in [0.2, 0.25) is 0 Å². The molecule has 2 aromatic rings. The summed E-state index contributed by atoms with van der Waals surface area (Å²) in [6.07, 6.45) is 6.17. The van der Waals surface area contributed by atoms with Gasteiger partial charge < -0.3 is 15.4 Å². The van der Waals surface area contributed by atoms with E-state index >= 15 is 0 Å². The molecule has 1 aliphatic heterocycles. The van der Waals surface area contributed by atoms with Gasteiger partial charge >= 0.3 is 0 Å². The first-order valence-corrected chi connectivity index (χ1v) is 9.30. The van der Waals surface area contributed by atoms with Crippen LogP contribution in [0.1, 0.15) is 46.8 Å². The molecular weight excluding hydrogens is 340 g/mol. The van der Waals surface area contributed by atoms with E-state index in [0.717, 1.165) is 36.1 Å². The summed E-state index contributed by atoms with van der Waals surface area (Å²) < 4.78 is 5.62. The summed E-state index contributed by atoms with van der Waals surface area (Å²) in [7, 11) is 0. The highest BCUT2D eigenvalue weighted by atomic mass is 16.5. The van der Waals surface area contributed by atoms with Crippen molar-refractivity contribution in [3.63, 3.8) is 0 Å². The number of carbonyl (C=O) groups excluding carboxylic acids is 2. The molecule has 0 spiro atoms. The lowest BCUT2D eigenvalue weighted by Crippen LogP contribution is -2.30. The number of benzene rings is 2. The van der Waals surface area contributed by atoms with Crippen LogP contribution in [0.4, 0.5) is 0 Å². The molecule has 4 rings (SSSR count). The third-order valence-corrected chi connectivity index (χ3v) is 4.79. The summed E-state index contributed by atoms with van der Waals surface area (Å²) in [5.74, 6) is 0.648. The summed E-state index contributed by atoms with van der Waals surface area (Å²) in [5.41, 5.74) is 2.53. The van der Waals surface area contributed by atoms with Gasteiger partial charge in [0.05, 0.1) is 12.6 Å². The first kappa shape index (κ1) is 17.3. The van der Waals surface area contributed by atoms with Gasteiger partial charge in [0, 0.05) is 29.7 Å². The smallest absolute Gasteiger partial charge is 0.251 e. The molecule has 138 valence electrons. The van der Waals surface area contributed by atoms with Crippen LogP contribution in [0.15, 0.2) is 54.6 Å². The third-order valence-electron chi connectivity index (χ3n) is 4.79. The predicted octanol–water partition coefficient (Wildman–Crippen LogP) is 3.23. The van der Waals surface area contributed by atoms with E-state index in [1.807, 2.05) is 36.4 Å². The van der Waals surface area contributed by atoms with Crippen molar-refractivity contribution in [3.8, 4) is 5.75 Å². The highest BCUT2D eigenvalue weighted by Crippen LogP contribution is 2.31. The van der Waals surface area contributed by atoms with Crippen molar-refractivity contribution in [2.45, 2.75) is 31.3 Å². The minimum absolute atomic E-state index is 0.0380. The minimum atomic E-state index is -0.146. The van der Waals surface area contributed by atoms with Crippen LogP contribution < -0.4 is 15.4 Å². The van der Waals surface area contributed by atoms with Gasteiger partial charge in [-0.25, -0.2) is 0 Å². The van der Waals surface area contributed by atoms with Gasteiger partial charge in [-0.1, -0.05) is 30.3 Å². The normalized spacial score (nSPS) is 18.4. The lowest BCUT2D eigenvalue weighted by Gasteiger charge is -2.26. The Morgan fingerprint density at radius 3 is 2.52 bits per heavy atom. The molecule has 1 fully saturated rings. The Kier molecular flexibility index (Phi) is 4.92. The number of hydrogen-bond acceptors (Lipinski definition) is 3. The van der Waals surface area contributed by atoms with E-state index in [2.05, 4.69) is 10.6 Å². The molecule has 0 saturated heterocycles. The van der Waals surface area contributed by atoms with E-state index in [-0.39, 0.29) is 17.9 Å². The van der Waals surface area contributed by atoms with Crippen molar-refractivity contribution < 1.29 is 14.3 Å². The quantitative estimate of drug-likeness (QED) is 0.803. The number of amides is 2. The molecule has 0 aromatic heterocycles. The molecule has 1 unspecified atom stereocenters. The number of carbonyl (C=O) groups is 2. The molecule has 1 heterocycles. The van der Waals surface area contributed by atoms with Gasteiger partial charge in [0.15, 0.2) is 0 Å². The van der Waals surface area contributed by atoms with Crippen LogP contribution >= 0.6 is 0 Å². The molecule has 2 N–H and O–H groups in total. The molecule has 2 amide bonds. The number of nitrogens with one attached hydrogen (secondary N) is 2. The summed E-state index contributed by atoms with van der Waals surface area (Å²) >= 11 is 0. The monoisotopic (exact) mass is 362 g/mol. The number of para-hydroxylation sites is 1. The average Bonchev–Trinajstić information content (AvgIpc) is 3.51. The summed E-state index contributed by atoms with van der Waals surface area (Å²) in [6, 6.07) is 15.3. The zero-order valence-electron chi connectivity index (χ0n) is 15.0. The van der Waals surface area contributed by atoms with Gasteiger partial charge in [0.2, 0.25) is 5.91 Å². The fraction of sp³-hybridized carbons (Fsp3) is 0.273. The molecule has 5 heteroatoms. The van der Waals surface area contributed by atoms with E-state index in [1.54, 1.807) is 18.2 Å². The molecule has 2 aromatic carbocycles. The van der Waals surface area contributed by atoms with Crippen molar-refractivity contribution >= 4 is 17.9 Å². The van der Waals surface area contributed by atoms with E-state index in [9.17, 15) is 9.59 Å². The van der Waals surface area contributed by atoms with Gasteiger partial charge in [0.25, 0.3) is 5.91 Å². The van der Waals surface area contributed by atoms with Crippen LogP contribution in [0, 0.1) is 0 Å². The summed E-state index contributed by atoms with van der Waals surface area (Å²) in [4.78, 5) is 24.3. The Labute approximate surface area is 158 Å². The summed E-state index contributed by atoms with van der Waals surface area (Å²) in [6.45, 7) is 0.593. The number of ether oxygens (including phenoxy) is 1. The molecule has 2 aliphatic rings. The molecule has 0 radical (unpaired) electrons. The SMILES string of the molecule is O=C(/C=C/c1ccc(C(=O)NC2CC2)cc1)NC1CCOc2ccccc21. The average molecular weight is 362 g/mol. The van der Waals surface area contributed by atoms with Crippen molar-refractivity contribution in [2.75, 3.05) is 6.61 Å². The second kappa shape index (κ2) is 7.66. The molecule has 1 saturated carbocycles. The second-order valence-electron chi connectivity index (χ2n) is 6.94. The highest BCUT2D eigenvalue weighted by molar-refractivity contribution is 5.95. The van der Waals surface area contributed by atoms with E-state index in [1.165, 1.54) is 6.08 Å². The molecule has 1 atom stereocenters. The van der Waals surface area contributed by atoms with Gasteiger partial charge in [-0.15, -0.1) is 0 Å². The van der Waals surface area contributed by atoms with Crippen LogP contribution in [-0.2, 0) is 4.79 Å². The predicted molar refractivity (Wildman–Crippen MR) is 103 cm³/mol. The maximum Gasteiger partial charge on any atom is 0.251 e. The molecule has 27 heavy (non-hydrogen) atoms. The maximum absolute atomic E-state index is 12.3. The molecule has 0 bridgehead atoms. The number of fused-ring (bicyclic) bond motifs is 1. The van der Waals surface area contributed by atoms with Crippen LogP contribution in [0.25, 0.3) is 6.08 Å². The highest BCUT2D eigenvalue weighted by Gasteiger charge is 2.24. The second-order valence-corrected chi connectivity index (χ2v) is 6.94. The van der Waals surface area contributed by atoms with E-state index < -0.39 is 0 Å². The Morgan fingerprint density at radius 2 is 1.74 bits per heavy atom. The Bertz CT molecular complexity index is 869. The van der Waals surface area contributed by atoms with Gasteiger partial charge in [-0.05, 0) is 42.7 Å². The molecule has 5 nitrogen and oxygen atoms in total. The van der Waals surface area contributed by atoms with Crippen molar-refractivity contribution in [1.29, 1.82) is 0 Å². The van der Waals surface area contributed by atoms with Gasteiger partial charge in [-0.2, -0.15) is 0 Å². The minimum Gasteiger partial charge on any atom is -0.493 e. The van der Waals surface area contributed by atoms with E-state index in [0.29, 0.717) is 18.2 Å². The van der Waals surface area contributed by atoms with Crippen molar-refractivity contribution in [2.24, 2.45) is 0 Å². The zero-order chi connectivity index (χ0) is 18.6.